The minimum atomic E-state index is -3.80. The Morgan fingerprint density at radius 3 is 2.87 bits per heavy atom. The molecule has 2 aromatic carbocycles. The molecule has 10 heteroatoms. The summed E-state index contributed by atoms with van der Waals surface area (Å²) in [5, 5.41) is 3.90. The van der Waals surface area contributed by atoms with Gasteiger partial charge >= 0.3 is 0 Å². The Morgan fingerprint density at radius 2 is 2.10 bits per heavy atom. The van der Waals surface area contributed by atoms with Crippen LogP contribution in [0.15, 0.2) is 51.9 Å². The van der Waals surface area contributed by atoms with Crippen LogP contribution in [0.4, 0.5) is 5.69 Å². The molecule has 0 saturated carbocycles. The fourth-order valence-electron chi connectivity index (χ4n) is 3.51. The van der Waals surface area contributed by atoms with Crippen LogP contribution in [-0.2, 0) is 27.8 Å². The number of carbonyl (C=O) groups excluding carboxylic acids is 1. The number of fused-ring (bicyclic) bond motifs is 1. The van der Waals surface area contributed by atoms with Crippen molar-refractivity contribution >= 4 is 21.6 Å². The first-order valence-electron chi connectivity index (χ1n) is 9.75. The van der Waals surface area contributed by atoms with Crippen molar-refractivity contribution < 1.29 is 22.5 Å². The van der Waals surface area contributed by atoms with Gasteiger partial charge in [-0.05, 0) is 48.7 Å². The Balaban J connectivity index is 1.49. The van der Waals surface area contributed by atoms with E-state index < -0.39 is 10.0 Å². The van der Waals surface area contributed by atoms with Gasteiger partial charge in [0.05, 0.1) is 18.6 Å². The molecule has 4 rings (SSSR count). The lowest BCUT2D eigenvalue weighted by molar-refractivity contribution is -0.116. The van der Waals surface area contributed by atoms with Crippen molar-refractivity contribution in [3.8, 4) is 17.1 Å². The third-order valence-electron chi connectivity index (χ3n) is 5.07. The van der Waals surface area contributed by atoms with Crippen molar-refractivity contribution in [2.75, 3.05) is 18.6 Å². The molecule has 0 radical (unpaired) electrons. The van der Waals surface area contributed by atoms with Crippen molar-refractivity contribution in [2.24, 2.45) is 0 Å². The molecule has 0 bridgehead atoms. The molecule has 31 heavy (non-hydrogen) atoms. The highest BCUT2D eigenvalue weighted by Crippen LogP contribution is 2.29. The second-order valence-electron chi connectivity index (χ2n) is 7.13. The number of hydrogen-bond donors (Lipinski definition) is 1. The smallest absolute Gasteiger partial charge is 0.242 e. The van der Waals surface area contributed by atoms with E-state index in [0.29, 0.717) is 23.7 Å². The average molecular weight is 442 g/mol. The molecule has 0 saturated heterocycles. The van der Waals surface area contributed by atoms with E-state index in [0.717, 1.165) is 24.1 Å². The Labute approximate surface area is 180 Å². The third kappa shape index (κ3) is 4.44. The number of hydrogen-bond acceptors (Lipinski definition) is 7. The number of anilines is 1. The van der Waals surface area contributed by atoms with Gasteiger partial charge in [-0.1, -0.05) is 17.3 Å². The van der Waals surface area contributed by atoms with Gasteiger partial charge in [-0.25, -0.2) is 13.1 Å². The minimum Gasteiger partial charge on any atom is -0.497 e. The molecule has 1 aliphatic heterocycles. The third-order valence-corrected chi connectivity index (χ3v) is 6.47. The lowest BCUT2D eigenvalue weighted by atomic mass is 10.0. The van der Waals surface area contributed by atoms with Gasteiger partial charge < -0.3 is 14.2 Å². The van der Waals surface area contributed by atoms with E-state index in [4.69, 9.17) is 9.26 Å². The summed E-state index contributed by atoms with van der Waals surface area (Å²) in [5.41, 5.74) is 2.29. The second kappa shape index (κ2) is 8.48. The SMILES string of the molecule is COc1cccc(-c2noc(CNS(=O)(=O)c3ccc4c(c3)CCCN4C(C)=O)n2)c1. The maximum absolute atomic E-state index is 12.8. The number of rotatable bonds is 6. The van der Waals surface area contributed by atoms with E-state index in [1.54, 1.807) is 48.4 Å². The maximum atomic E-state index is 12.8. The summed E-state index contributed by atoms with van der Waals surface area (Å²) in [6.45, 7) is 2.00. The van der Waals surface area contributed by atoms with Crippen LogP contribution < -0.4 is 14.4 Å². The van der Waals surface area contributed by atoms with Crippen molar-refractivity contribution in [2.45, 2.75) is 31.2 Å². The molecule has 0 aliphatic carbocycles. The van der Waals surface area contributed by atoms with Gasteiger partial charge in [-0.15, -0.1) is 0 Å². The van der Waals surface area contributed by atoms with E-state index in [1.165, 1.54) is 13.0 Å². The highest BCUT2D eigenvalue weighted by Gasteiger charge is 2.23. The van der Waals surface area contributed by atoms with E-state index >= 15 is 0 Å². The van der Waals surface area contributed by atoms with Crippen LogP contribution in [0.3, 0.4) is 0 Å². The van der Waals surface area contributed by atoms with Crippen molar-refractivity contribution in [1.82, 2.24) is 14.9 Å². The number of sulfonamides is 1. The van der Waals surface area contributed by atoms with Crippen LogP contribution in [0.5, 0.6) is 5.75 Å². The number of aromatic nitrogens is 2. The number of methoxy groups -OCH3 is 1. The zero-order chi connectivity index (χ0) is 22.0. The molecule has 1 aromatic heterocycles. The zero-order valence-electron chi connectivity index (χ0n) is 17.2. The van der Waals surface area contributed by atoms with Gasteiger partial charge in [0.25, 0.3) is 0 Å². The predicted molar refractivity (Wildman–Crippen MR) is 113 cm³/mol. The second-order valence-corrected chi connectivity index (χ2v) is 8.90. The quantitative estimate of drug-likeness (QED) is 0.624. The number of ether oxygens (including phenoxy) is 1. The van der Waals surface area contributed by atoms with Gasteiger partial charge in [-0.3, -0.25) is 4.79 Å². The first kappa shape index (κ1) is 21.0. The molecular weight excluding hydrogens is 420 g/mol. The van der Waals surface area contributed by atoms with E-state index in [9.17, 15) is 13.2 Å². The standard InChI is InChI=1S/C21H22N4O5S/c1-14(26)25-10-4-6-15-12-18(8-9-19(15)25)31(27,28)22-13-20-23-21(24-30-20)16-5-3-7-17(11-16)29-2/h3,5,7-9,11-12,22H,4,6,10,13H2,1-2H3. The van der Waals surface area contributed by atoms with Crippen molar-refractivity contribution in [3.05, 3.63) is 53.9 Å². The molecular formula is C21H22N4O5S. The summed E-state index contributed by atoms with van der Waals surface area (Å²) in [7, 11) is -2.23. The highest BCUT2D eigenvalue weighted by molar-refractivity contribution is 7.89. The molecule has 0 spiro atoms. The van der Waals surface area contributed by atoms with Crippen LogP contribution >= 0.6 is 0 Å². The number of nitrogens with one attached hydrogen (secondary N) is 1. The molecule has 162 valence electrons. The van der Waals surface area contributed by atoms with Gasteiger partial charge in [0.2, 0.25) is 27.6 Å². The summed E-state index contributed by atoms with van der Waals surface area (Å²) in [6.07, 6.45) is 1.51. The first-order chi connectivity index (χ1) is 14.9. The Bertz CT molecular complexity index is 1220. The van der Waals surface area contributed by atoms with Gasteiger partial charge in [0.1, 0.15) is 5.75 Å². The lowest BCUT2D eigenvalue weighted by Gasteiger charge is -2.28. The topological polar surface area (TPSA) is 115 Å². The number of benzene rings is 2. The number of amides is 1. The largest absolute Gasteiger partial charge is 0.497 e. The number of nitrogens with zero attached hydrogens (tertiary/aromatic N) is 3. The molecule has 0 unspecified atom stereocenters. The van der Waals surface area contributed by atoms with E-state index in [1.807, 2.05) is 0 Å². The highest BCUT2D eigenvalue weighted by atomic mass is 32.2. The van der Waals surface area contributed by atoms with Crippen LogP contribution in [0.2, 0.25) is 0 Å². The van der Waals surface area contributed by atoms with Crippen LogP contribution in [0.1, 0.15) is 24.8 Å². The van der Waals surface area contributed by atoms with Crippen molar-refractivity contribution in [3.63, 3.8) is 0 Å². The maximum Gasteiger partial charge on any atom is 0.242 e. The van der Waals surface area contributed by atoms with Gasteiger partial charge in [0, 0.05) is 24.7 Å². The fraction of sp³-hybridized carbons (Fsp3) is 0.286. The number of aryl methyl sites for hydroxylation is 1. The summed E-state index contributed by atoms with van der Waals surface area (Å²) in [4.78, 5) is 17.9. The summed E-state index contributed by atoms with van der Waals surface area (Å²) in [5.74, 6) is 1.08. The Kier molecular flexibility index (Phi) is 5.75. The zero-order valence-corrected chi connectivity index (χ0v) is 18.0. The lowest BCUT2D eigenvalue weighted by Crippen LogP contribution is -2.33. The van der Waals surface area contributed by atoms with Crippen LogP contribution in [0.25, 0.3) is 11.4 Å². The average Bonchev–Trinajstić information content (AvgIpc) is 3.26. The monoisotopic (exact) mass is 442 g/mol. The predicted octanol–water partition coefficient (Wildman–Crippen LogP) is 2.52. The molecule has 1 aliphatic rings. The molecule has 1 amide bonds. The van der Waals surface area contributed by atoms with E-state index in [2.05, 4.69) is 14.9 Å². The first-order valence-corrected chi connectivity index (χ1v) is 11.2. The molecule has 2 heterocycles. The summed E-state index contributed by atoms with van der Waals surface area (Å²) < 4.78 is 38.4. The molecule has 9 nitrogen and oxygen atoms in total. The van der Waals surface area contributed by atoms with Gasteiger partial charge in [-0.2, -0.15) is 4.98 Å². The molecule has 1 N–H and O–H groups in total. The van der Waals surface area contributed by atoms with Crippen molar-refractivity contribution in [1.29, 1.82) is 0 Å². The van der Waals surface area contributed by atoms with Crippen LogP contribution in [-0.4, -0.2) is 38.1 Å². The van der Waals surface area contributed by atoms with Crippen LogP contribution in [0, 0.1) is 0 Å². The van der Waals surface area contributed by atoms with E-state index in [-0.39, 0.29) is 23.2 Å². The summed E-state index contributed by atoms with van der Waals surface area (Å²) in [6, 6.07) is 12.0. The normalized spacial score (nSPS) is 13.7. The Hall–Kier alpha value is -3.24. The molecule has 0 atom stereocenters. The summed E-state index contributed by atoms with van der Waals surface area (Å²) >= 11 is 0. The molecule has 0 fully saturated rings. The minimum absolute atomic E-state index is 0.0575. The number of carbonyl (C=O) groups is 1. The van der Waals surface area contributed by atoms with Gasteiger partial charge in [0.15, 0.2) is 0 Å². The Morgan fingerprint density at radius 1 is 1.26 bits per heavy atom. The fourth-order valence-corrected chi connectivity index (χ4v) is 4.54. The molecule has 3 aromatic rings.